The van der Waals surface area contributed by atoms with Gasteiger partial charge in [-0.2, -0.15) is 0 Å². The van der Waals surface area contributed by atoms with Crippen molar-refractivity contribution in [3.8, 4) is 0 Å². The zero-order valence-electron chi connectivity index (χ0n) is 11.2. The number of unbranched alkanes of at least 4 members (excludes halogenated alkanes) is 1. The molecule has 0 saturated heterocycles. The summed E-state index contributed by atoms with van der Waals surface area (Å²) in [5.74, 6) is 0.141. The molecule has 0 aliphatic rings. The maximum Gasteiger partial charge on any atom is 0.224 e. The first-order valence-electron chi connectivity index (χ1n) is 6.63. The predicted octanol–water partition coefficient (Wildman–Crippen LogP) is 3.94. The fourth-order valence-corrected chi connectivity index (χ4v) is 1.94. The van der Waals surface area contributed by atoms with Crippen molar-refractivity contribution in [1.29, 1.82) is 0 Å². The quantitative estimate of drug-likeness (QED) is 0.792. The molecule has 0 bridgehead atoms. The van der Waals surface area contributed by atoms with Crippen LogP contribution in [0.4, 0.5) is 5.69 Å². The number of rotatable bonds is 6. The lowest BCUT2D eigenvalue weighted by Crippen LogP contribution is -2.14. The zero-order chi connectivity index (χ0) is 12.7. The smallest absolute Gasteiger partial charge is 0.224 e. The Morgan fingerprint density at radius 2 is 1.71 bits per heavy atom. The third kappa shape index (κ3) is 3.88. The Hall–Kier alpha value is -1.31. The number of amides is 1. The Kier molecular flexibility index (Phi) is 5.75. The van der Waals surface area contributed by atoms with Crippen molar-refractivity contribution < 1.29 is 4.79 Å². The van der Waals surface area contributed by atoms with Gasteiger partial charge in [0, 0.05) is 12.1 Å². The van der Waals surface area contributed by atoms with Gasteiger partial charge in [-0.25, -0.2) is 0 Å². The Bertz CT molecular complexity index is 349. The molecule has 1 N–H and O–H groups in total. The van der Waals surface area contributed by atoms with Gasteiger partial charge in [-0.1, -0.05) is 45.4 Å². The molecule has 0 radical (unpaired) electrons. The number of para-hydroxylation sites is 1. The highest BCUT2D eigenvalue weighted by Gasteiger charge is 2.09. The first-order valence-corrected chi connectivity index (χ1v) is 6.63. The monoisotopic (exact) mass is 233 g/mol. The van der Waals surface area contributed by atoms with Gasteiger partial charge < -0.3 is 5.32 Å². The molecule has 17 heavy (non-hydrogen) atoms. The summed E-state index contributed by atoms with van der Waals surface area (Å²) < 4.78 is 0. The Morgan fingerprint density at radius 3 is 2.18 bits per heavy atom. The number of nitrogens with one attached hydrogen (secondary N) is 1. The topological polar surface area (TPSA) is 29.1 Å². The molecule has 0 unspecified atom stereocenters. The molecule has 1 aromatic rings. The average molecular weight is 233 g/mol. The molecule has 2 heteroatoms. The van der Waals surface area contributed by atoms with E-state index in [1.165, 1.54) is 11.1 Å². The van der Waals surface area contributed by atoms with Crippen LogP contribution in [0.1, 0.15) is 51.2 Å². The van der Waals surface area contributed by atoms with Gasteiger partial charge in [0.1, 0.15) is 0 Å². The van der Waals surface area contributed by atoms with Crippen molar-refractivity contribution in [3.63, 3.8) is 0 Å². The van der Waals surface area contributed by atoms with Gasteiger partial charge >= 0.3 is 0 Å². The first-order chi connectivity index (χ1) is 8.22. The average Bonchev–Trinajstić information content (AvgIpc) is 2.36. The van der Waals surface area contributed by atoms with E-state index in [4.69, 9.17) is 0 Å². The molecule has 94 valence electrons. The van der Waals surface area contributed by atoms with E-state index in [9.17, 15) is 4.79 Å². The Balaban J connectivity index is 2.83. The third-order valence-electron chi connectivity index (χ3n) is 3.02. The lowest BCUT2D eigenvalue weighted by atomic mass is 10.0. The van der Waals surface area contributed by atoms with E-state index in [0.717, 1.165) is 31.4 Å². The number of anilines is 1. The van der Waals surface area contributed by atoms with E-state index in [2.05, 4.69) is 44.3 Å². The molecule has 0 spiro atoms. The molecule has 0 atom stereocenters. The lowest BCUT2D eigenvalue weighted by Gasteiger charge is -2.14. The highest BCUT2D eigenvalue weighted by molar-refractivity contribution is 5.92. The molecule has 2 nitrogen and oxygen atoms in total. The molecule has 0 saturated carbocycles. The molecule has 0 aromatic heterocycles. The van der Waals surface area contributed by atoms with Crippen LogP contribution in [0.5, 0.6) is 0 Å². The van der Waals surface area contributed by atoms with Crippen molar-refractivity contribution >= 4 is 11.6 Å². The summed E-state index contributed by atoms with van der Waals surface area (Å²) in [4.78, 5) is 11.8. The number of hydrogen-bond donors (Lipinski definition) is 1. The van der Waals surface area contributed by atoms with Crippen LogP contribution in [-0.4, -0.2) is 5.91 Å². The molecule has 0 aliphatic heterocycles. The number of aryl methyl sites for hydroxylation is 2. The minimum absolute atomic E-state index is 0.141. The van der Waals surface area contributed by atoms with Crippen molar-refractivity contribution in [2.45, 2.75) is 52.9 Å². The molecular weight excluding hydrogens is 210 g/mol. The first kappa shape index (κ1) is 13.8. The van der Waals surface area contributed by atoms with E-state index in [-0.39, 0.29) is 5.91 Å². The van der Waals surface area contributed by atoms with Crippen LogP contribution >= 0.6 is 0 Å². The predicted molar refractivity (Wildman–Crippen MR) is 73.4 cm³/mol. The highest BCUT2D eigenvalue weighted by atomic mass is 16.1. The molecule has 0 heterocycles. The Morgan fingerprint density at radius 1 is 1.12 bits per heavy atom. The van der Waals surface area contributed by atoms with Gasteiger partial charge in [-0.3, -0.25) is 4.79 Å². The second kappa shape index (κ2) is 7.10. The number of carbonyl (C=O) groups excluding carboxylic acids is 1. The number of carbonyl (C=O) groups is 1. The molecule has 0 aliphatic carbocycles. The van der Waals surface area contributed by atoms with Crippen LogP contribution < -0.4 is 5.32 Å². The second-order valence-corrected chi connectivity index (χ2v) is 4.31. The van der Waals surface area contributed by atoms with Gasteiger partial charge in [0.15, 0.2) is 0 Å². The van der Waals surface area contributed by atoms with E-state index >= 15 is 0 Å². The van der Waals surface area contributed by atoms with Crippen LogP contribution in [0, 0.1) is 0 Å². The maximum absolute atomic E-state index is 11.8. The fraction of sp³-hybridized carbons (Fsp3) is 0.533. The minimum Gasteiger partial charge on any atom is -0.326 e. The largest absolute Gasteiger partial charge is 0.326 e. The SMILES string of the molecule is CCCCC(=O)Nc1c(CC)cccc1CC. The summed E-state index contributed by atoms with van der Waals surface area (Å²) in [5, 5.41) is 3.08. The lowest BCUT2D eigenvalue weighted by molar-refractivity contribution is -0.116. The molecular formula is C15H23NO. The Labute approximate surface area is 104 Å². The standard InChI is InChI=1S/C15H23NO/c1-4-7-11-14(17)16-15-12(5-2)9-8-10-13(15)6-3/h8-10H,4-7,11H2,1-3H3,(H,16,17). The third-order valence-corrected chi connectivity index (χ3v) is 3.02. The summed E-state index contributed by atoms with van der Waals surface area (Å²) in [7, 11) is 0. The van der Waals surface area contributed by atoms with Crippen molar-refractivity contribution in [2.75, 3.05) is 5.32 Å². The summed E-state index contributed by atoms with van der Waals surface area (Å²) in [5.41, 5.74) is 3.50. The van der Waals surface area contributed by atoms with E-state index in [1.54, 1.807) is 0 Å². The normalized spacial score (nSPS) is 10.3. The van der Waals surface area contributed by atoms with Crippen LogP contribution in [0.2, 0.25) is 0 Å². The summed E-state index contributed by atoms with van der Waals surface area (Å²) in [6.07, 6.45) is 4.55. The molecule has 1 aromatic carbocycles. The molecule has 1 amide bonds. The van der Waals surface area contributed by atoms with Crippen molar-refractivity contribution in [1.82, 2.24) is 0 Å². The molecule has 1 rings (SSSR count). The number of benzene rings is 1. The highest BCUT2D eigenvalue weighted by Crippen LogP contribution is 2.22. The van der Waals surface area contributed by atoms with Gasteiger partial charge in [-0.15, -0.1) is 0 Å². The fourth-order valence-electron chi connectivity index (χ4n) is 1.94. The van der Waals surface area contributed by atoms with Gasteiger partial charge in [-0.05, 0) is 30.4 Å². The van der Waals surface area contributed by atoms with E-state index in [0.29, 0.717) is 6.42 Å². The van der Waals surface area contributed by atoms with E-state index < -0.39 is 0 Å². The maximum atomic E-state index is 11.8. The number of hydrogen-bond acceptors (Lipinski definition) is 1. The van der Waals surface area contributed by atoms with Crippen LogP contribution in [-0.2, 0) is 17.6 Å². The molecule has 0 fully saturated rings. The summed E-state index contributed by atoms with van der Waals surface area (Å²) in [6, 6.07) is 6.25. The summed E-state index contributed by atoms with van der Waals surface area (Å²) in [6.45, 7) is 6.34. The van der Waals surface area contributed by atoms with E-state index in [1.807, 2.05) is 0 Å². The van der Waals surface area contributed by atoms with Gasteiger partial charge in [0.2, 0.25) is 5.91 Å². The van der Waals surface area contributed by atoms with Crippen molar-refractivity contribution in [3.05, 3.63) is 29.3 Å². The van der Waals surface area contributed by atoms with Crippen LogP contribution in [0.15, 0.2) is 18.2 Å². The van der Waals surface area contributed by atoms with Gasteiger partial charge in [0.25, 0.3) is 0 Å². The summed E-state index contributed by atoms with van der Waals surface area (Å²) >= 11 is 0. The minimum atomic E-state index is 0.141. The van der Waals surface area contributed by atoms with Crippen LogP contribution in [0.25, 0.3) is 0 Å². The van der Waals surface area contributed by atoms with Gasteiger partial charge in [0.05, 0.1) is 0 Å². The van der Waals surface area contributed by atoms with Crippen LogP contribution in [0.3, 0.4) is 0 Å². The van der Waals surface area contributed by atoms with Crippen molar-refractivity contribution in [2.24, 2.45) is 0 Å². The second-order valence-electron chi connectivity index (χ2n) is 4.31. The zero-order valence-corrected chi connectivity index (χ0v) is 11.2.